The van der Waals surface area contributed by atoms with Crippen molar-refractivity contribution >= 4 is 23.2 Å². The Morgan fingerprint density at radius 3 is 3.05 bits per heavy atom. The van der Waals surface area contributed by atoms with Gasteiger partial charge in [0.25, 0.3) is 5.91 Å². The van der Waals surface area contributed by atoms with Gasteiger partial charge in [-0.25, -0.2) is 4.98 Å². The Balaban J connectivity index is 1.62. The zero-order valence-corrected chi connectivity index (χ0v) is 11.7. The van der Waals surface area contributed by atoms with Gasteiger partial charge in [-0.05, 0) is 12.1 Å². The van der Waals surface area contributed by atoms with Crippen LogP contribution in [0, 0.1) is 0 Å². The van der Waals surface area contributed by atoms with Crippen LogP contribution in [-0.2, 0) is 6.42 Å². The fraction of sp³-hybridized carbons (Fsp3) is 0.154. The lowest BCUT2D eigenvalue weighted by molar-refractivity contribution is 0.0948. The Morgan fingerprint density at radius 2 is 2.19 bits per heavy atom. The molecular formula is C13H11ClN6O. The van der Waals surface area contributed by atoms with Crippen molar-refractivity contribution in [1.82, 2.24) is 29.9 Å². The first-order valence-corrected chi connectivity index (χ1v) is 6.66. The predicted octanol–water partition coefficient (Wildman–Crippen LogP) is 1.15. The predicted molar refractivity (Wildman–Crippen MR) is 76.1 cm³/mol. The fourth-order valence-corrected chi connectivity index (χ4v) is 2.04. The van der Waals surface area contributed by atoms with Crippen molar-refractivity contribution in [2.24, 2.45) is 0 Å². The average molecular weight is 303 g/mol. The number of fused-ring (bicyclic) bond motifs is 1. The number of pyridine rings is 1. The highest BCUT2D eigenvalue weighted by Gasteiger charge is 2.09. The number of hydrogen-bond donors (Lipinski definition) is 1. The lowest BCUT2D eigenvalue weighted by Crippen LogP contribution is -2.27. The maximum Gasteiger partial charge on any atom is 0.271 e. The summed E-state index contributed by atoms with van der Waals surface area (Å²) in [6.07, 6.45) is 5.19. The number of nitrogens with zero attached hydrogens (tertiary/aromatic N) is 5. The third-order valence-electron chi connectivity index (χ3n) is 2.86. The number of carbonyl (C=O) groups is 1. The molecule has 0 atom stereocenters. The van der Waals surface area contributed by atoms with Crippen LogP contribution < -0.4 is 5.32 Å². The molecule has 0 saturated heterocycles. The van der Waals surface area contributed by atoms with Crippen molar-refractivity contribution in [3.63, 3.8) is 0 Å². The second-order valence-corrected chi connectivity index (χ2v) is 4.67. The summed E-state index contributed by atoms with van der Waals surface area (Å²) in [4.78, 5) is 19.6. The van der Waals surface area contributed by atoms with Crippen LogP contribution in [0.2, 0.25) is 5.15 Å². The van der Waals surface area contributed by atoms with E-state index < -0.39 is 0 Å². The molecule has 0 saturated carbocycles. The number of halogens is 1. The van der Waals surface area contributed by atoms with E-state index in [0.717, 1.165) is 11.5 Å². The van der Waals surface area contributed by atoms with Crippen LogP contribution in [-0.4, -0.2) is 37.0 Å². The van der Waals surface area contributed by atoms with Crippen LogP contribution in [0.5, 0.6) is 0 Å². The summed E-state index contributed by atoms with van der Waals surface area (Å²) in [5.41, 5.74) is 0.966. The molecule has 7 nitrogen and oxygen atoms in total. The topological polar surface area (TPSA) is 85.1 Å². The van der Waals surface area contributed by atoms with Crippen molar-refractivity contribution in [2.75, 3.05) is 6.54 Å². The molecule has 0 aliphatic carbocycles. The van der Waals surface area contributed by atoms with Gasteiger partial charge >= 0.3 is 0 Å². The maximum absolute atomic E-state index is 11.9. The molecule has 21 heavy (non-hydrogen) atoms. The molecule has 0 fully saturated rings. The second kappa shape index (κ2) is 5.84. The van der Waals surface area contributed by atoms with E-state index in [4.69, 9.17) is 11.6 Å². The van der Waals surface area contributed by atoms with E-state index in [-0.39, 0.29) is 16.8 Å². The van der Waals surface area contributed by atoms with Crippen molar-refractivity contribution in [3.8, 4) is 0 Å². The van der Waals surface area contributed by atoms with E-state index in [1.54, 1.807) is 0 Å². The molecular weight excluding hydrogens is 292 g/mol. The number of amides is 1. The van der Waals surface area contributed by atoms with Crippen LogP contribution in [0.1, 0.15) is 16.3 Å². The molecule has 106 valence electrons. The zero-order valence-electron chi connectivity index (χ0n) is 10.9. The van der Waals surface area contributed by atoms with Crippen molar-refractivity contribution in [2.45, 2.75) is 6.42 Å². The van der Waals surface area contributed by atoms with E-state index in [9.17, 15) is 4.79 Å². The highest BCUT2D eigenvalue weighted by atomic mass is 35.5. The van der Waals surface area contributed by atoms with E-state index in [1.165, 1.54) is 12.4 Å². The SMILES string of the molecule is O=C(NCCc1nnc2ccccn12)c1cncc(Cl)n1. The Hall–Kier alpha value is -2.54. The maximum atomic E-state index is 11.9. The first-order chi connectivity index (χ1) is 10.2. The minimum absolute atomic E-state index is 0.186. The summed E-state index contributed by atoms with van der Waals surface area (Å²) >= 11 is 5.69. The molecule has 1 N–H and O–H groups in total. The summed E-state index contributed by atoms with van der Waals surface area (Å²) in [6, 6.07) is 5.67. The van der Waals surface area contributed by atoms with Gasteiger partial charge in [-0.1, -0.05) is 17.7 Å². The van der Waals surface area contributed by atoms with Gasteiger partial charge in [-0.15, -0.1) is 10.2 Å². The van der Waals surface area contributed by atoms with E-state index in [0.29, 0.717) is 13.0 Å². The number of nitrogens with one attached hydrogen (secondary N) is 1. The third kappa shape index (κ3) is 2.97. The quantitative estimate of drug-likeness (QED) is 0.781. The molecule has 0 unspecified atom stereocenters. The number of rotatable bonds is 4. The Kier molecular flexibility index (Phi) is 3.74. The highest BCUT2D eigenvalue weighted by molar-refractivity contribution is 6.29. The lowest BCUT2D eigenvalue weighted by Gasteiger charge is -2.04. The van der Waals surface area contributed by atoms with Gasteiger partial charge in [0.05, 0.1) is 12.4 Å². The van der Waals surface area contributed by atoms with Gasteiger partial charge in [0, 0.05) is 19.2 Å². The zero-order chi connectivity index (χ0) is 14.7. The summed E-state index contributed by atoms with van der Waals surface area (Å²) in [6.45, 7) is 0.419. The van der Waals surface area contributed by atoms with Gasteiger partial charge in [-0.2, -0.15) is 0 Å². The molecule has 3 heterocycles. The number of aromatic nitrogens is 5. The molecule has 3 rings (SSSR count). The molecule has 8 heteroatoms. The number of carbonyl (C=O) groups excluding carboxylic acids is 1. The van der Waals surface area contributed by atoms with E-state index in [2.05, 4.69) is 25.5 Å². The lowest BCUT2D eigenvalue weighted by atomic mass is 10.3. The second-order valence-electron chi connectivity index (χ2n) is 4.28. The highest BCUT2D eigenvalue weighted by Crippen LogP contribution is 2.04. The minimum atomic E-state index is -0.321. The first kappa shape index (κ1) is 13.4. The Bertz CT molecular complexity index is 787. The van der Waals surface area contributed by atoms with Crippen molar-refractivity contribution in [1.29, 1.82) is 0 Å². The smallest absolute Gasteiger partial charge is 0.271 e. The molecule has 3 aromatic rings. The van der Waals surface area contributed by atoms with Crippen molar-refractivity contribution < 1.29 is 4.79 Å². The Labute approximate surface area is 125 Å². The Morgan fingerprint density at radius 1 is 1.29 bits per heavy atom. The molecule has 1 amide bonds. The van der Waals surface area contributed by atoms with E-state index >= 15 is 0 Å². The van der Waals surface area contributed by atoms with Crippen LogP contribution in [0.4, 0.5) is 0 Å². The minimum Gasteiger partial charge on any atom is -0.350 e. The molecule has 0 spiro atoms. The molecule has 0 aliphatic heterocycles. The van der Waals surface area contributed by atoms with Crippen LogP contribution in [0.15, 0.2) is 36.8 Å². The van der Waals surface area contributed by atoms with Crippen LogP contribution in [0.3, 0.4) is 0 Å². The monoisotopic (exact) mass is 302 g/mol. The van der Waals surface area contributed by atoms with Crippen LogP contribution >= 0.6 is 11.6 Å². The van der Waals surface area contributed by atoms with Gasteiger partial charge in [0.15, 0.2) is 5.65 Å². The van der Waals surface area contributed by atoms with Gasteiger partial charge in [-0.3, -0.25) is 14.2 Å². The number of hydrogen-bond acceptors (Lipinski definition) is 5. The van der Waals surface area contributed by atoms with Gasteiger partial charge < -0.3 is 5.32 Å². The fourth-order valence-electron chi connectivity index (χ4n) is 1.89. The molecule has 3 aromatic heterocycles. The van der Waals surface area contributed by atoms with Crippen LogP contribution in [0.25, 0.3) is 5.65 Å². The summed E-state index contributed by atoms with van der Waals surface area (Å²) in [5.74, 6) is 0.460. The third-order valence-corrected chi connectivity index (χ3v) is 3.04. The summed E-state index contributed by atoms with van der Waals surface area (Å²) in [7, 11) is 0. The molecule has 0 aliphatic rings. The standard InChI is InChI=1S/C13H11ClN6O/c14-10-8-15-7-9(17-10)13(21)16-5-4-12-19-18-11-3-1-2-6-20(11)12/h1-3,6-8H,4-5H2,(H,16,21). The van der Waals surface area contributed by atoms with Gasteiger partial charge in [0.2, 0.25) is 0 Å². The average Bonchev–Trinajstić information content (AvgIpc) is 2.91. The molecule has 0 bridgehead atoms. The summed E-state index contributed by atoms with van der Waals surface area (Å²) in [5, 5.41) is 11.1. The first-order valence-electron chi connectivity index (χ1n) is 6.28. The normalized spacial score (nSPS) is 10.7. The van der Waals surface area contributed by atoms with E-state index in [1.807, 2.05) is 28.8 Å². The van der Waals surface area contributed by atoms with Crippen molar-refractivity contribution in [3.05, 3.63) is 53.5 Å². The summed E-state index contributed by atoms with van der Waals surface area (Å²) < 4.78 is 1.88. The largest absolute Gasteiger partial charge is 0.350 e. The molecule has 0 radical (unpaired) electrons. The molecule has 0 aromatic carbocycles. The van der Waals surface area contributed by atoms with Gasteiger partial charge in [0.1, 0.15) is 16.7 Å².